The molecule has 0 aliphatic carbocycles. The number of rotatable bonds is 5. The lowest BCUT2D eigenvalue weighted by Gasteiger charge is -2.20. The van der Waals surface area contributed by atoms with Crippen molar-refractivity contribution in [1.29, 1.82) is 0 Å². The van der Waals surface area contributed by atoms with Crippen LogP contribution in [0.4, 0.5) is 0 Å². The van der Waals surface area contributed by atoms with Crippen molar-refractivity contribution < 1.29 is 9.53 Å². The predicted octanol–water partition coefficient (Wildman–Crippen LogP) is 3.50. The lowest BCUT2D eigenvalue weighted by molar-refractivity contribution is -0.155. The van der Waals surface area contributed by atoms with Gasteiger partial charge < -0.3 is 4.74 Å². The molecule has 0 saturated carbocycles. The number of fused-ring (bicyclic) bond motifs is 2. The molecule has 3 heterocycles. The van der Waals surface area contributed by atoms with Gasteiger partial charge in [-0.15, -0.1) is 0 Å². The molecule has 0 aliphatic heterocycles. The van der Waals surface area contributed by atoms with E-state index >= 15 is 0 Å². The highest BCUT2D eigenvalue weighted by Gasteiger charge is 2.25. The fourth-order valence-corrected chi connectivity index (χ4v) is 4.52. The number of nitrogens with zero attached hydrogens (tertiary/aromatic N) is 5. The first-order chi connectivity index (χ1) is 17.6. The van der Waals surface area contributed by atoms with Crippen LogP contribution in [0, 0.1) is 0 Å². The van der Waals surface area contributed by atoms with Crippen molar-refractivity contribution >= 4 is 27.8 Å². The lowest BCUT2D eigenvalue weighted by Crippen LogP contribution is -2.40. The van der Waals surface area contributed by atoms with Crippen LogP contribution in [-0.4, -0.2) is 35.5 Å². The maximum Gasteiger partial charge on any atom is 0.332 e. The first kappa shape index (κ1) is 24.2. The van der Waals surface area contributed by atoms with Gasteiger partial charge >= 0.3 is 11.7 Å². The molecule has 0 fully saturated rings. The largest absolute Gasteiger partial charge is 0.459 e. The van der Waals surface area contributed by atoms with Crippen LogP contribution >= 0.6 is 0 Å². The topological polar surface area (TPSA) is 101 Å². The summed E-state index contributed by atoms with van der Waals surface area (Å²) in [5.41, 5.74) is 0.540. The molecule has 0 aliphatic rings. The highest BCUT2D eigenvalue weighted by molar-refractivity contribution is 5.92. The maximum atomic E-state index is 13.5. The minimum atomic E-state index is -0.726. The Labute approximate surface area is 212 Å². The second-order valence-corrected chi connectivity index (χ2v) is 9.90. The summed E-state index contributed by atoms with van der Waals surface area (Å²) in [5.74, 6) is -0.594. The van der Waals surface area contributed by atoms with E-state index in [1.807, 2.05) is 42.5 Å². The van der Waals surface area contributed by atoms with Crippen molar-refractivity contribution in [2.75, 3.05) is 0 Å². The normalized spacial score (nSPS) is 11.8. The molecule has 3 aromatic heterocycles. The van der Waals surface area contributed by atoms with Gasteiger partial charge in [0.05, 0.1) is 12.2 Å². The molecule has 0 radical (unpaired) electrons. The molecule has 0 spiro atoms. The average Bonchev–Trinajstić information content (AvgIpc) is 3.24. The van der Waals surface area contributed by atoms with E-state index in [-0.39, 0.29) is 17.6 Å². The second-order valence-electron chi connectivity index (χ2n) is 9.90. The van der Waals surface area contributed by atoms with Gasteiger partial charge in [-0.2, -0.15) is 5.10 Å². The molecule has 188 valence electrons. The van der Waals surface area contributed by atoms with E-state index in [0.717, 1.165) is 26.5 Å². The Kier molecular flexibility index (Phi) is 5.99. The summed E-state index contributed by atoms with van der Waals surface area (Å²) in [7, 11) is 1.40. The highest BCUT2D eigenvalue weighted by Crippen LogP contribution is 2.28. The van der Waals surface area contributed by atoms with Gasteiger partial charge in [-0.25, -0.2) is 4.79 Å². The number of ether oxygens (including phenoxy) is 1. The van der Waals surface area contributed by atoms with Crippen molar-refractivity contribution in [2.45, 2.75) is 39.5 Å². The molecule has 9 heteroatoms. The van der Waals surface area contributed by atoms with Gasteiger partial charge in [-0.3, -0.25) is 28.4 Å². The minimum Gasteiger partial charge on any atom is -0.459 e. The van der Waals surface area contributed by atoms with E-state index < -0.39 is 22.8 Å². The highest BCUT2D eigenvalue weighted by atomic mass is 16.6. The third-order valence-corrected chi connectivity index (χ3v) is 6.09. The fourth-order valence-electron chi connectivity index (χ4n) is 4.52. The third kappa shape index (κ3) is 4.55. The summed E-state index contributed by atoms with van der Waals surface area (Å²) < 4.78 is 9.37. The summed E-state index contributed by atoms with van der Waals surface area (Å²) in [6.07, 6.45) is 3.27. The Morgan fingerprint density at radius 2 is 1.68 bits per heavy atom. The van der Waals surface area contributed by atoms with Crippen molar-refractivity contribution in [3.05, 3.63) is 93.4 Å². The van der Waals surface area contributed by atoms with Crippen molar-refractivity contribution in [3.63, 3.8) is 0 Å². The molecule has 0 saturated heterocycles. The van der Waals surface area contributed by atoms with Crippen LogP contribution in [0.2, 0.25) is 0 Å². The van der Waals surface area contributed by atoms with E-state index in [0.29, 0.717) is 12.2 Å². The van der Waals surface area contributed by atoms with Crippen LogP contribution < -0.4 is 11.2 Å². The van der Waals surface area contributed by atoms with Crippen molar-refractivity contribution in [1.82, 2.24) is 23.9 Å². The zero-order chi connectivity index (χ0) is 26.3. The van der Waals surface area contributed by atoms with Crippen LogP contribution in [0.15, 0.2) is 76.6 Å². The molecular formula is C28H27N5O4. The fraction of sp³-hybridized carbons (Fsp3) is 0.250. The second kappa shape index (κ2) is 9.16. The Hall–Kier alpha value is -4.53. The number of hydrogen-bond acceptors (Lipinski definition) is 6. The molecular weight excluding hydrogens is 470 g/mol. The van der Waals surface area contributed by atoms with E-state index in [2.05, 4.69) is 4.98 Å². The van der Waals surface area contributed by atoms with E-state index in [9.17, 15) is 14.4 Å². The molecule has 5 rings (SSSR count). The van der Waals surface area contributed by atoms with E-state index in [1.54, 1.807) is 50.0 Å². The van der Waals surface area contributed by atoms with E-state index in [1.165, 1.54) is 11.6 Å². The molecule has 9 nitrogen and oxygen atoms in total. The quantitative estimate of drug-likeness (QED) is 0.345. The smallest absolute Gasteiger partial charge is 0.332 e. The molecule has 0 unspecified atom stereocenters. The number of carbonyl (C=O) groups excluding carboxylic acids is 1. The number of hydrogen-bond donors (Lipinski definition) is 0. The zero-order valence-corrected chi connectivity index (χ0v) is 21.1. The first-order valence-electron chi connectivity index (χ1n) is 11.9. The van der Waals surface area contributed by atoms with Crippen molar-refractivity contribution in [3.8, 4) is 11.3 Å². The minimum absolute atomic E-state index is 0.131. The Morgan fingerprint density at radius 1 is 0.973 bits per heavy atom. The standard InChI is InChI=1S/C28H27N5O4/c1-28(2,3)37-22(34)17-32-25-23(26(35)31(4)27(32)36)24(19-12-14-29-15-13-19)33(30-25)16-20-10-7-9-18-8-5-6-11-21(18)20/h5-15H,16-17H2,1-4H3. The monoisotopic (exact) mass is 497 g/mol. The SMILES string of the molecule is Cn1c(=O)c2c(-c3ccncc3)n(Cc3cccc4ccccc34)nc2n(CC(=O)OC(C)(C)C)c1=O. The van der Waals surface area contributed by atoms with Gasteiger partial charge in [0, 0.05) is 25.0 Å². The van der Waals surface area contributed by atoms with Gasteiger partial charge in [0.15, 0.2) is 5.65 Å². The maximum absolute atomic E-state index is 13.5. The average molecular weight is 498 g/mol. The van der Waals surface area contributed by atoms with Crippen LogP contribution in [0.3, 0.4) is 0 Å². The molecule has 0 N–H and O–H groups in total. The first-order valence-corrected chi connectivity index (χ1v) is 11.9. The van der Waals surface area contributed by atoms with Crippen LogP contribution in [0.5, 0.6) is 0 Å². The van der Waals surface area contributed by atoms with Crippen LogP contribution in [-0.2, 0) is 29.7 Å². The number of esters is 1. The van der Waals surface area contributed by atoms with Gasteiger partial charge in [0.25, 0.3) is 5.56 Å². The number of pyridine rings is 1. The van der Waals surface area contributed by atoms with E-state index in [4.69, 9.17) is 9.84 Å². The summed E-state index contributed by atoms with van der Waals surface area (Å²) in [6, 6.07) is 17.6. The molecule has 0 bridgehead atoms. The molecule has 2 aromatic carbocycles. The van der Waals surface area contributed by atoms with Crippen molar-refractivity contribution in [2.24, 2.45) is 7.05 Å². The summed E-state index contributed by atoms with van der Waals surface area (Å²) in [5, 5.41) is 7.13. The zero-order valence-electron chi connectivity index (χ0n) is 21.1. The summed E-state index contributed by atoms with van der Waals surface area (Å²) in [6.45, 7) is 5.23. The Bertz CT molecular complexity index is 1750. The molecule has 0 atom stereocenters. The van der Waals surface area contributed by atoms with Gasteiger partial charge in [-0.1, -0.05) is 42.5 Å². The Balaban J connectivity index is 1.77. The van der Waals surface area contributed by atoms with Crippen LogP contribution in [0.1, 0.15) is 26.3 Å². The van der Waals surface area contributed by atoms with Gasteiger partial charge in [0.2, 0.25) is 0 Å². The predicted molar refractivity (Wildman–Crippen MR) is 141 cm³/mol. The van der Waals surface area contributed by atoms with Gasteiger partial charge in [-0.05, 0) is 49.2 Å². The molecule has 0 amide bonds. The number of benzene rings is 2. The number of aromatic nitrogens is 5. The number of carbonyl (C=O) groups is 1. The molecule has 37 heavy (non-hydrogen) atoms. The molecule has 5 aromatic rings. The van der Waals surface area contributed by atoms with Crippen LogP contribution in [0.25, 0.3) is 33.1 Å². The third-order valence-electron chi connectivity index (χ3n) is 6.09. The summed E-state index contributed by atoms with van der Waals surface area (Å²) in [4.78, 5) is 43.4. The Morgan fingerprint density at radius 3 is 2.41 bits per heavy atom. The summed E-state index contributed by atoms with van der Waals surface area (Å²) >= 11 is 0. The lowest BCUT2D eigenvalue weighted by atomic mass is 10.0. The van der Waals surface area contributed by atoms with Gasteiger partial charge in [0.1, 0.15) is 17.5 Å².